The van der Waals surface area contributed by atoms with E-state index in [1.807, 2.05) is 0 Å². The standard InChI is InChI=1S/C18H23ClN2/c1-12-8-13(2)17-14(9-12)10-15(18(19)21-17)11-20-16-6-4-3-5-7-16/h8-10,16,20H,3-7,11H2,1-2H3. The highest BCUT2D eigenvalue weighted by Crippen LogP contribution is 2.25. The number of halogens is 1. The maximum Gasteiger partial charge on any atom is 0.134 e. The molecule has 1 aromatic heterocycles. The van der Waals surface area contributed by atoms with Gasteiger partial charge < -0.3 is 5.32 Å². The minimum atomic E-state index is 0.637. The van der Waals surface area contributed by atoms with Crippen LogP contribution in [0.4, 0.5) is 0 Å². The zero-order chi connectivity index (χ0) is 14.8. The van der Waals surface area contributed by atoms with Crippen molar-refractivity contribution in [3.05, 3.63) is 40.0 Å². The van der Waals surface area contributed by atoms with Crippen molar-refractivity contribution < 1.29 is 0 Å². The molecule has 1 aliphatic rings. The fourth-order valence-corrected chi connectivity index (χ4v) is 3.56. The summed E-state index contributed by atoms with van der Waals surface area (Å²) in [4.78, 5) is 4.61. The number of aromatic nitrogens is 1. The molecule has 112 valence electrons. The van der Waals surface area contributed by atoms with E-state index in [-0.39, 0.29) is 0 Å². The van der Waals surface area contributed by atoms with Crippen molar-refractivity contribution in [2.75, 3.05) is 0 Å². The van der Waals surface area contributed by atoms with Crippen LogP contribution < -0.4 is 5.32 Å². The first kappa shape index (κ1) is 14.8. The Labute approximate surface area is 131 Å². The Balaban J connectivity index is 1.83. The van der Waals surface area contributed by atoms with Gasteiger partial charge in [-0.2, -0.15) is 0 Å². The van der Waals surface area contributed by atoms with E-state index in [0.717, 1.165) is 17.6 Å². The molecule has 1 heterocycles. The summed E-state index contributed by atoms with van der Waals surface area (Å²) in [5, 5.41) is 5.48. The van der Waals surface area contributed by atoms with Gasteiger partial charge in [0.05, 0.1) is 5.52 Å². The summed E-state index contributed by atoms with van der Waals surface area (Å²) in [5.74, 6) is 0. The van der Waals surface area contributed by atoms with Gasteiger partial charge >= 0.3 is 0 Å². The highest BCUT2D eigenvalue weighted by molar-refractivity contribution is 6.30. The Morgan fingerprint density at radius 1 is 1.14 bits per heavy atom. The fraction of sp³-hybridized carbons (Fsp3) is 0.500. The third-order valence-corrected chi connectivity index (χ3v) is 4.79. The van der Waals surface area contributed by atoms with Crippen LogP contribution in [0.5, 0.6) is 0 Å². The van der Waals surface area contributed by atoms with Crippen LogP contribution in [0.3, 0.4) is 0 Å². The molecule has 0 saturated heterocycles. The Kier molecular flexibility index (Phi) is 4.46. The quantitative estimate of drug-likeness (QED) is 0.813. The van der Waals surface area contributed by atoms with E-state index in [1.54, 1.807) is 0 Å². The minimum Gasteiger partial charge on any atom is -0.310 e. The second-order valence-corrected chi connectivity index (χ2v) is 6.67. The Morgan fingerprint density at radius 2 is 1.90 bits per heavy atom. The number of fused-ring (bicyclic) bond motifs is 1. The van der Waals surface area contributed by atoms with Crippen LogP contribution in [0.1, 0.15) is 48.8 Å². The van der Waals surface area contributed by atoms with Crippen molar-refractivity contribution in [3.63, 3.8) is 0 Å². The molecule has 0 bridgehead atoms. The summed E-state index contributed by atoms with van der Waals surface area (Å²) in [6, 6.07) is 7.19. The number of rotatable bonds is 3. The van der Waals surface area contributed by atoms with E-state index in [2.05, 4.69) is 42.3 Å². The van der Waals surface area contributed by atoms with E-state index >= 15 is 0 Å². The summed E-state index contributed by atoms with van der Waals surface area (Å²) in [7, 11) is 0. The summed E-state index contributed by atoms with van der Waals surface area (Å²) < 4.78 is 0. The fourth-order valence-electron chi connectivity index (χ4n) is 3.36. The first-order valence-electron chi connectivity index (χ1n) is 7.93. The predicted molar refractivity (Wildman–Crippen MR) is 89.9 cm³/mol. The topological polar surface area (TPSA) is 24.9 Å². The molecule has 0 aliphatic heterocycles. The first-order chi connectivity index (χ1) is 10.1. The third kappa shape index (κ3) is 3.38. The van der Waals surface area contributed by atoms with Crippen LogP contribution in [0.2, 0.25) is 5.15 Å². The molecular weight excluding hydrogens is 280 g/mol. The lowest BCUT2D eigenvalue weighted by Gasteiger charge is -2.23. The lowest BCUT2D eigenvalue weighted by atomic mass is 9.95. The van der Waals surface area contributed by atoms with Crippen LogP contribution in [0.15, 0.2) is 18.2 Å². The van der Waals surface area contributed by atoms with E-state index < -0.39 is 0 Å². The zero-order valence-electron chi connectivity index (χ0n) is 12.9. The maximum atomic E-state index is 6.38. The molecule has 21 heavy (non-hydrogen) atoms. The largest absolute Gasteiger partial charge is 0.310 e. The molecule has 3 heteroatoms. The molecular formula is C18H23ClN2. The molecule has 2 nitrogen and oxygen atoms in total. The Bertz CT molecular complexity index is 645. The lowest BCUT2D eigenvalue weighted by Crippen LogP contribution is -2.30. The number of hydrogen-bond donors (Lipinski definition) is 1. The second kappa shape index (κ2) is 6.33. The van der Waals surface area contributed by atoms with Gasteiger partial charge in [-0.3, -0.25) is 0 Å². The molecule has 0 radical (unpaired) electrons. The number of nitrogens with zero attached hydrogens (tertiary/aromatic N) is 1. The van der Waals surface area contributed by atoms with Gasteiger partial charge in [0.1, 0.15) is 5.15 Å². The van der Waals surface area contributed by atoms with Gasteiger partial charge in [0.2, 0.25) is 0 Å². The van der Waals surface area contributed by atoms with Crippen LogP contribution in [0.25, 0.3) is 10.9 Å². The number of benzene rings is 1. The average Bonchev–Trinajstić information content (AvgIpc) is 2.47. The van der Waals surface area contributed by atoms with Crippen LogP contribution in [0, 0.1) is 13.8 Å². The molecule has 3 rings (SSSR count). The molecule has 1 aliphatic carbocycles. The van der Waals surface area contributed by atoms with Gasteiger partial charge in [-0.15, -0.1) is 0 Å². The smallest absolute Gasteiger partial charge is 0.134 e. The van der Waals surface area contributed by atoms with Crippen molar-refractivity contribution in [2.45, 2.75) is 58.5 Å². The highest BCUT2D eigenvalue weighted by atomic mass is 35.5. The van der Waals surface area contributed by atoms with E-state index in [0.29, 0.717) is 11.2 Å². The number of hydrogen-bond acceptors (Lipinski definition) is 2. The lowest BCUT2D eigenvalue weighted by molar-refractivity contribution is 0.372. The van der Waals surface area contributed by atoms with Crippen molar-refractivity contribution >= 4 is 22.5 Å². The van der Waals surface area contributed by atoms with E-state index in [9.17, 15) is 0 Å². The number of nitrogens with one attached hydrogen (secondary N) is 1. The van der Waals surface area contributed by atoms with Gasteiger partial charge in [0.15, 0.2) is 0 Å². The number of aryl methyl sites for hydroxylation is 2. The van der Waals surface area contributed by atoms with Gasteiger partial charge in [0, 0.05) is 23.5 Å². The van der Waals surface area contributed by atoms with Crippen molar-refractivity contribution in [3.8, 4) is 0 Å². The predicted octanol–water partition coefficient (Wildman–Crippen LogP) is 4.93. The van der Waals surface area contributed by atoms with Crippen LogP contribution >= 0.6 is 11.6 Å². The molecule has 1 aromatic carbocycles. The molecule has 0 amide bonds. The SMILES string of the molecule is Cc1cc(C)c2nc(Cl)c(CNC3CCCCC3)cc2c1. The van der Waals surface area contributed by atoms with E-state index in [4.69, 9.17) is 11.6 Å². The molecule has 0 unspecified atom stereocenters. The second-order valence-electron chi connectivity index (χ2n) is 6.31. The summed E-state index contributed by atoms with van der Waals surface area (Å²) in [6.45, 7) is 5.04. The average molecular weight is 303 g/mol. The molecule has 1 N–H and O–H groups in total. The maximum absolute atomic E-state index is 6.38. The van der Waals surface area contributed by atoms with Crippen molar-refractivity contribution in [1.29, 1.82) is 0 Å². The Hall–Kier alpha value is -1.12. The van der Waals surface area contributed by atoms with Gasteiger partial charge in [0.25, 0.3) is 0 Å². The summed E-state index contributed by atoms with van der Waals surface area (Å²) >= 11 is 6.38. The van der Waals surface area contributed by atoms with E-state index in [1.165, 1.54) is 48.6 Å². The number of pyridine rings is 1. The first-order valence-corrected chi connectivity index (χ1v) is 8.31. The molecule has 0 atom stereocenters. The van der Waals surface area contributed by atoms with Gasteiger partial charge in [-0.05, 0) is 44.4 Å². The molecule has 1 saturated carbocycles. The van der Waals surface area contributed by atoms with Crippen LogP contribution in [-0.4, -0.2) is 11.0 Å². The summed E-state index contributed by atoms with van der Waals surface area (Å²) in [5.41, 5.74) is 4.60. The Morgan fingerprint density at radius 3 is 2.67 bits per heavy atom. The molecule has 0 spiro atoms. The van der Waals surface area contributed by atoms with Crippen molar-refractivity contribution in [1.82, 2.24) is 10.3 Å². The zero-order valence-corrected chi connectivity index (χ0v) is 13.6. The van der Waals surface area contributed by atoms with Gasteiger partial charge in [-0.1, -0.05) is 42.5 Å². The minimum absolute atomic E-state index is 0.637. The van der Waals surface area contributed by atoms with Crippen LogP contribution in [-0.2, 0) is 6.54 Å². The summed E-state index contributed by atoms with van der Waals surface area (Å²) in [6.07, 6.45) is 6.65. The van der Waals surface area contributed by atoms with Gasteiger partial charge in [-0.25, -0.2) is 4.98 Å². The molecule has 2 aromatic rings. The third-order valence-electron chi connectivity index (χ3n) is 4.47. The highest BCUT2D eigenvalue weighted by Gasteiger charge is 2.14. The normalized spacial score (nSPS) is 16.5. The van der Waals surface area contributed by atoms with Crippen molar-refractivity contribution in [2.24, 2.45) is 0 Å². The monoisotopic (exact) mass is 302 g/mol. The molecule has 1 fully saturated rings.